The highest BCUT2D eigenvalue weighted by Crippen LogP contribution is 2.33. The van der Waals surface area contributed by atoms with E-state index in [1.165, 1.54) is 56.9 Å². The summed E-state index contributed by atoms with van der Waals surface area (Å²) < 4.78 is 0. The van der Waals surface area contributed by atoms with Gasteiger partial charge in [0.2, 0.25) is 0 Å². The second kappa shape index (κ2) is 6.62. The Hall–Kier alpha value is 0.270. The Kier molecular flexibility index (Phi) is 5.40. The lowest BCUT2D eigenvalue weighted by Crippen LogP contribution is -2.49. The maximum absolute atomic E-state index is 3.81. The first-order valence-corrected chi connectivity index (χ1v) is 8.77. The Morgan fingerprint density at radius 2 is 2.00 bits per heavy atom. The van der Waals surface area contributed by atoms with Crippen LogP contribution in [0.3, 0.4) is 0 Å². The van der Waals surface area contributed by atoms with Crippen LogP contribution >= 0.6 is 11.8 Å². The molecule has 18 heavy (non-hydrogen) atoms. The Labute approximate surface area is 117 Å². The molecule has 2 rings (SSSR count). The number of nitrogens with zero attached hydrogens (tertiary/aromatic N) is 1. The van der Waals surface area contributed by atoms with Gasteiger partial charge in [-0.3, -0.25) is 0 Å². The van der Waals surface area contributed by atoms with E-state index in [1.807, 2.05) is 0 Å². The van der Waals surface area contributed by atoms with Gasteiger partial charge < -0.3 is 10.2 Å². The van der Waals surface area contributed by atoms with Crippen molar-refractivity contribution in [1.82, 2.24) is 10.2 Å². The summed E-state index contributed by atoms with van der Waals surface area (Å²) in [4.78, 5) is 2.63. The van der Waals surface area contributed by atoms with Gasteiger partial charge in [-0.2, -0.15) is 11.8 Å². The quantitative estimate of drug-likeness (QED) is 0.846. The SMILES string of the molecule is CC1CCN(CCNC2CSCCC2(C)C)CC1. The van der Waals surface area contributed by atoms with E-state index in [2.05, 4.69) is 42.7 Å². The largest absolute Gasteiger partial charge is 0.311 e. The van der Waals surface area contributed by atoms with Crippen LogP contribution in [0.2, 0.25) is 0 Å². The third-order valence-electron chi connectivity index (χ3n) is 4.81. The number of likely N-dealkylation sites (tertiary alicyclic amines) is 1. The molecule has 2 saturated heterocycles. The van der Waals surface area contributed by atoms with E-state index in [9.17, 15) is 0 Å². The first kappa shape index (κ1) is 14.7. The van der Waals surface area contributed by atoms with E-state index in [1.54, 1.807) is 0 Å². The summed E-state index contributed by atoms with van der Waals surface area (Å²) in [6.45, 7) is 12.3. The lowest BCUT2D eigenvalue weighted by molar-refractivity contribution is 0.181. The van der Waals surface area contributed by atoms with Gasteiger partial charge in [0.25, 0.3) is 0 Å². The van der Waals surface area contributed by atoms with Gasteiger partial charge in [0.05, 0.1) is 0 Å². The summed E-state index contributed by atoms with van der Waals surface area (Å²) in [7, 11) is 0. The number of nitrogens with one attached hydrogen (secondary N) is 1. The zero-order valence-electron chi connectivity index (χ0n) is 12.4. The van der Waals surface area contributed by atoms with Gasteiger partial charge in [-0.25, -0.2) is 0 Å². The summed E-state index contributed by atoms with van der Waals surface area (Å²) in [6.07, 6.45) is 4.14. The monoisotopic (exact) mass is 270 g/mol. The molecule has 0 radical (unpaired) electrons. The zero-order chi connectivity index (χ0) is 13.0. The van der Waals surface area contributed by atoms with Crippen molar-refractivity contribution in [3.63, 3.8) is 0 Å². The lowest BCUT2D eigenvalue weighted by atomic mass is 9.82. The van der Waals surface area contributed by atoms with Gasteiger partial charge in [-0.05, 0) is 49.4 Å². The van der Waals surface area contributed by atoms with E-state index < -0.39 is 0 Å². The third-order valence-corrected chi connectivity index (χ3v) is 5.88. The average molecular weight is 270 g/mol. The first-order valence-electron chi connectivity index (χ1n) is 7.61. The highest BCUT2D eigenvalue weighted by atomic mass is 32.2. The fraction of sp³-hybridized carbons (Fsp3) is 1.00. The van der Waals surface area contributed by atoms with Gasteiger partial charge >= 0.3 is 0 Å². The van der Waals surface area contributed by atoms with E-state index in [0.29, 0.717) is 11.5 Å². The number of rotatable bonds is 4. The number of hydrogen-bond acceptors (Lipinski definition) is 3. The fourth-order valence-electron chi connectivity index (χ4n) is 2.95. The molecule has 1 unspecified atom stereocenters. The van der Waals surface area contributed by atoms with Crippen molar-refractivity contribution in [3.05, 3.63) is 0 Å². The summed E-state index contributed by atoms with van der Waals surface area (Å²) in [5.41, 5.74) is 0.488. The molecule has 3 heteroatoms. The van der Waals surface area contributed by atoms with Crippen molar-refractivity contribution >= 4 is 11.8 Å². The van der Waals surface area contributed by atoms with Crippen LogP contribution in [0.1, 0.15) is 40.0 Å². The van der Waals surface area contributed by atoms with Crippen molar-refractivity contribution in [2.75, 3.05) is 37.7 Å². The normalized spacial score (nSPS) is 30.5. The molecule has 2 fully saturated rings. The molecule has 1 N–H and O–H groups in total. The van der Waals surface area contributed by atoms with E-state index in [0.717, 1.165) is 5.92 Å². The fourth-order valence-corrected chi connectivity index (χ4v) is 4.60. The molecule has 2 nitrogen and oxygen atoms in total. The number of piperidine rings is 1. The van der Waals surface area contributed by atoms with Gasteiger partial charge in [-0.1, -0.05) is 20.8 Å². The second-order valence-electron chi connectivity index (χ2n) is 6.84. The number of thioether (sulfide) groups is 1. The Bertz CT molecular complexity index is 247. The predicted molar refractivity (Wildman–Crippen MR) is 82.4 cm³/mol. The summed E-state index contributed by atoms with van der Waals surface area (Å²) in [5, 5.41) is 3.81. The molecule has 2 aliphatic heterocycles. The highest BCUT2D eigenvalue weighted by molar-refractivity contribution is 7.99. The molecule has 0 aromatic heterocycles. The lowest BCUT2D eigenvalue weighted by Gasteiger charge is -2.39. The van der Waals surface area contributed by atoms with E-state index in [-0.39, 0.29) is 0 Å². The van der Waals surface area contributed by atoms with E-state index in [4.69, 9.17) is 0 Å². The van der Waals surface area contributed by atoms with Crippen LogP contribution in [-0.2, 0) is 0 Å². The van der Waals surface area contributed by atoms with Crippen molar-refractivity contribution in [1.29, 1.82) is 0 Å². The molecule has 0 aromatic carbocycles. The molecule has 0 aliphatic carbocycles. The molecule has 2 heterocycles. The molecule has 2 aliphatic rings. The maximum atomic E-state index is 3.81. The number of hydrogen-bond donors (Lipinski definition) is 1. The van der Waals surface area contributed by atoms with Crippen LogP contribution in [0, 0.1) is 11.3 Å². The standard InChI is InChI=1S/C15H30N2S/c1-13-4-8-17(9-5-13)10-7-16-14-12-18-11-6-15(14,2)3/h13-14,16H,4-12H2,1-3H3. The molecule has 0 aromatic rings. The minimum atomic E-state index is 0.488. The Balaban J connectivity index is 1.65. The second-order valence-corrected chi connectivity index (χ2v) is 7.99. The molecule has 0 spiro atoms. The molecule has 0 saturated carbocycles. The van der Waals surface area contributed by atoms with Gasteiger partial charge in [-0.15, -0.1) is 0 Å². The van der Waals surface area contributed by atoms with Crippen molar-refractivity contribution in [2.45, 2.75) is 46.1 Å². The van der Waals surface area contributed by atoms with Crippen LogP contribution in [0.4, 0.5) is 0 Å². The molecular formula is C15H30N2S. The van der Waals surface area contributed by atoms with Crippen LogP contribution in [0.5, 0.6) is 0 Å². The summed E-state index contributed by atoms with van der Waals surface area (Å²) in [5.74, 6) is 3.59. The van der Waals surface area contributed by atoms with Gasteiger partial charge in [0, 0.05) is 24.9 Å². The average Bonchev–Trinajstić information content (AvgIpc) is 2.33. The Morgan fingerprint density at radius 3 is 2.67 bits per heavy atom. The summed E-state index contributed by atoms with van der Waals surface area (Å²) >= 11 is 2.12. The topological polar surface area (TPSA) is 15.3 Å². The van der Waals surface area contributed by atoms with Crippen molar-refractivity contribution < 1.29 is 0 Å². The Morgan fingerprint density at radius 1 is 1.28 bits per heavy atom. The van der Waals surface area contributed by atoms with Crippen molar-refractivity contribution in [3.8, 4) is 0 Å². The molecule has 0 bridgehead atoms. The smallest absolute Gasteiger partial charge is 0.0210 e. The van der Waals surface area contributed by atoms with Crippen molar-refractivity contribution in [2.24, 2.45) is 11.3 Å². The maximum Gasteiger partial charge on any atom is 0.0210 e. The van der Waals surface area contributed by atoms with E-state index >= 15 is 0 Å². The summed E-state index contributed by atoms with van der Waals surface area (Å²) in [6, 6.07) is 0.708. The van der Waals surface area contributed by atoms with Crippen LogP contribution in [0.25, 0.3) is 0 Å². The molecule has 106 valence electrons. The van der Waals surface area contributed by atoms with Crippen LogP contribution in [0.15, 0.2) is 0 Å². The van der Waals surface area contributed by atoms with Gasteiger partial charge in [0.1, 0.15) is 0 Å². The molecule has 1 atom stereocenters. The minimum absolute atomic E-state index is 0.488. The van der Waals surface area contributed by atoms with Crippen LogP contribution < -0.4 is 5.32 Å². The molecule has 0 amide bonds. The predicted octanol–water partition coefficient (Wildman–Crippen LogP) is 2.84. The minimum Gasteiger partial charge on any atom is -0.311 e. The zero-order valence-corrected chi connectivity index (χ0v) is 13.2. The first-order chi connectivity index (χ1) is 8.58. The highest BCUT2D eigenvalue weighted by Gasteiger charge is 2.32. The van der Waals surface area contributed by atoms with Gasteiger partial charge in [0.15, 0.2) is 0 Å². The van der Waals surface area contributed by atoms with Crippen LogP contribution in [-0.4, -0.2) is 48.6 Å². The third kappa shape index (κ3) is 4.14. The molecular weight excluding hydrogens is 240 g/mol.